The maximum atomic E-state index is 10.4. The molecule has 7 unspecified atom stereocenters. The van der Waals surface area contributed by atoms with Crippen LogP contribution in [0.1, 0.15) is 23.7 Å². The third-order valence-corrected chi connectivity index (χ3v) is 6.00. The second-order valence-corrected chi connectivity index (χ2v) is 8.51. The second-order valence-electron chi connectivity index (χ2n) is 8.51. The van der Waals surface area contributed by atoms with E-state index in [1.807, 2.05) is 0 Å². The molecule has 0 bridgehead atoms. The highest BCUT2D eigenvalue weighted by atomic mass is 16.8. The van der Waals surface area contributed by atoms with Gasteiger partial charge in [-0.3, -0.25) is 0 Å². The van der Waals surface area contributed by atoms with Crippen LogP contribution >= 0.6 is 0 Å². The number of aliphatic hydroxyl groups excluding tert-OH is 6. The fourth-order valence-electron chi connectivity index (χ4n) is 3.95. The molecular formula is C25H34O12. The molecule has 0 saturated carbocycles. The Morgan fingerprint density at radius 2 is 1.59 bits per heavy atom. The molecule has 0 amide bonds. The van der Waals surface area contributed by atoms with Crippen molar-refractivity contribution in [1.29, 1.82) is 0 Å². The van der Waals surface area contributed by atoms with E-state index in [1.165, 1.54) is 32.4 Å². The molecule has 37 heavy (non-hydrogen) atoms. The van der Waals surface area contributed by atoms with Gasteiger partial charge in [0.15, 0.2) is 41.7 Å². The van der Waals surface area contributed by atoms with Gasteiger partial charge in [-0.05, 0) is 48.2 Å². The van der Waals surface area contributed by atoms with Crippen LogP contribution < -0.4 is 14.2 Å². The minimum absolute atomic E-state index is 0.0395. The van der Waals surface area contributed by atoms with Crippen molar-refractivity contribution in [2.24, 2.45) is 0 Å². The molecule has 206 valence electrons. The number of methoxy groups -OCH3 is 2. The Morgan fingerprint density at radius 3 is 2.24 bits per heavy atom. The molecule has 7 atom stereocenters. The normalized spacial score (nSPS) is 25.4. The molecule has 0 spiro atoms. The first kappa shape index (κ1) is 28.9. The zero-order valence-corrected chi connectivity index (χ0v) is 20.5. The molecule has 1 aliphatic heterocycles. The Morgan fingerprint density at radius 1 is 0.865 bits per heavy atom. The molecule has 7 N–H and O–H groups in total. The molecule has 2 aromatic rings. The van der Waals surface area contributed by atoms with E-state index in [4.69, 9.17) is 28.8 Å². The number of aliphatic hydroxyl groups is 6. The molecule has 12 nitrogen and oxygen atoms in total. The summed E-state index contributed by atoms with van der Waals surface area (Å²) >= 11 is 0. The van der Waals surface area contributed by atoms with Crippen LogP contribution in [0.3, 0.4) is 0 Å². The summed E-state index contributed by atoms with van der Waals surface area (Å²) in [7, 11) is 2.80. The summed E-state index contributed by atoms with van der Waals surface area (Å²) in [6, 6.07) is 9.39. The molecule has 1 heterocycles. The molecule has 2 aromatic carbocycles. The van der Waals surface area contributed by atoms with Crippen molar-refractivity contribution in [2.45, 2.75) is 55.9 Å². The smallest absolute Gasteiger partial charge is 0.190 e. The quantitative estimate of drug-likeness (QED) is 0.190. The zero-order valence-electron chi connectivity index (χ0n) is 20.5. The highest BCUT2D eigenvalue weighted by molar-refractivity contribution is 5.44. The lowest BCUT2D eigenvalue weighted by atomic mass is 10.0. The van der Waals surface area contributed by atoms with Crippen LogP contribution in [0.2, 0.25) is 0 Å². The summed E-state index contributed by atoms with van der Waals surface area (Å²) in [5.74, 6) is 0.553. The summed E-state index contributed by atoms with van der Waals surface area (Å²) in [6.45, 7) is -0.558. The standard InChI is InChI=1S/C25H34O12/c1-33-17-11-14(6-7-15(17)28)23(36-25-22(31)20(29)21(30)24(32)37-25)19(12-27)35-16-8-5-13(4-3-9-26)10-18(16)34-2/h5-8,10-11,19-32H,3-4,9,12H2,1-2H3. The molecule has 0 radical (unpaired) electrons. The van der Waals surface area contributed by atoms with Gasteiger partial charge in [-0.15, -0.1) is 0 Å². The zero-order chi connectivity index (χ0) is 27.1. The lowest BCUT2D eigenvalue weighted by Gasteiger charge is -2.40. The van der Waals surface area contributed by atoms with Gasteiger partial charge in [-0.25, -0.2) is 0 Å². The van der Waals surface area contributed by atoms with E-state index in [0.29, 0.717) is 24.2 Å². The average molecular weight is 527 g/mol. The first-order valence-electron chi connectivity index (χ1n) is 11.7. The molecule has 1 saturated heterocycles. The van der Waals surface area contributed by atoms with Crippen LogP contribution in [0.15, 0.2) is 36.4 Å². The fraction of sp³-hybridized carbons (Fsp3) is 0.520. The number of benzene rings is 2. The van der Waals surface area contributed by atoms with E-state index in [1.54, 1.807) is 18.2 Å². The number of phenolic OH excluding ortho intramolecular Hbond substituents is 1. The summed E-state index contributed by atoms with van der Waals surface area (Å²) in [4.78, 5) is 0. The predicted molar refractivity (Wildman–Crippen MR) is 127 cm³/mol. The molecular weight excluding hydrogens is 492 g/mol. The van der Waals surface area contributed by atoms with Crippen LogP contribution in [0, 0.1) is 0 Å². The Bertz CT molecular complexity index is 1000. The number of aryl methyl sites for hydroxylation is 1. The van der Waals surface area contributed by atoms with Gasteiger partial charge >= 0.3 is 0 Å². The predicted octanol–water partition coefficient (Wildman–Crippen LogP) is -0.411. The van der Waals surface area contributed by atoms with E-state index in [9.17, 15) is 30.6 Å². The molecule has 1 fully saturated rings. The topological polar surface area (TPSA) is 188 Å². The second kappa shape index (κ2) is 13.2. The summed E-state index contributed by atoms with van der Waals surface area (Å²) in [5, 5.41) is 69.6. The van der Waals surface area contributed by atoms with E-state index in [0.717, 1.165) is 5.56 Å². The van der Waals surface area contributed by atoms with Gasteiger partial charge in [0.05, 0.1) is 20.8 Å². The molecule has 1 aliphatic rings. The molecule has 12 heteroatoms. The van der Waals surface area contributed by atoms with Crippen LogP contribution in [-0.4, -0.2) is 100 Å². The molecule has 3 rings (SSSR count). The minimum Gasteiger partial charge on any atom is -0.504 e. The highest BCUT2D eigenvalue weighted by Gasteiger charge is 2.45. The van der Waals surface area contributed by atoms with Crippen LogP contribution in [0.25, 0.3) is 0 Å². The fourth-order valence-corrected chi connectivity index (χ4v) is 3.95. The first-order valence-corrected chi connectivity index (χ1v) is 11.7. The summed E-state index contributed by atoms with van der Waals surface area (Å²) in [5.41, 5.74) is 1.23. The number of rotatable bonds is 12. The van der Waals surface area contributed by atoms with Gasteiger partial charge in [0.1, 0.15) is 24.4 Å². The minimum atomic E-state index is -1.85. The Labute approximate surface area is 213 Å². The van der Waals surface area contributed by atoms with Gasteiger partial charge in [0.2, 0.25) is 0 Å². The summed E-state index contributed by atoms with van der Waals surface area (Å²) in [6.07, 6.45) is -9.93. The number of hydrogen-bond donors (Lipinski definition) is 7. The van der Waals surface area contributed by atoms with E-state index >= 15 is 0 Å². The van der Waals surface area contributed by atoms with Gasteiger partial charge in [-0.2, -0.15) is 0 Å². The Hall–Kier alpha value is -2.68. The third-order valence-electron chi connectivity index (χ3n) is 6.00. The van der Waals surface area contributed by atoms with E-state index in [2.05, 4.69) is 0 Å². The van der Waals surface area contributed by atoms with Crippen LogP contribution in [0.4, 0.5) is 0 Å². The van der Waals surface area contributed by atoms with Crippen molar-refractivity contribution in [3.63, 3.8) is 0 Å². The van der Waals surface area contributed by atoms with Crippen molar-refractivity contribution in [3.05, 3.63) is 47.5 Å². The van der Waals surface area contributed by atoms with Gasteiger partial charge in [0, 0.05) is 6.61 Å². The van der Waals surface area contributed by atoms with Gasteiger partial charge in [-0.1, -0.05) is 12.1 Å². The van der Waals surface area contributed by atoms with Crippen molar-refractivity contribution in [3.8, 4) is 23.0 Å². The van der Waals surface area contributed by atoms with Crippen molar-refractivity contribution in [2.75, 3.05) is 27.4 Å². The van der Waals surface area contributed by atoms with E-state index in [-0.39, 0.29) is 23.9 Å². The number of aromatic hydroxyl groups is 1. The largest absolute Gasteiger partial charge is 0.504 e. The Balaban J connectivity index is 1.95. The van der Waals surface area contributed by atoms with E-state index < -0.39 is 49.7 Å². The molecule has 0 aliphatic carbocycles. The van der Waals surface area contributed by atoms with Crippen LogP contribution in [0.5, 0.6) is 23.0 Å². The lowest BCUT2D eigenvalue weighted by Crippen LogP contribution is -2.58. The summed E-state index contributed by atoms with van der Waals surface area (Å²) < 4.78 is 27.7. The van der Waals surface area contributed by atoms with Crippen molar-refractivity contribution in [1.82, 2.24) is 0 Å². The molecule has 0 aromatic heterocycles. The third kappa shape index (κ3) is 6.80. The lowest BCUT2D eigenvalue weighted by molar-refractivity contribution is -0.352. The maximum Gasteiger partial charge on any atom is 0.190 e. The maximum absolute atomic E-state index is 10.4. The first-order chi connectivity index (χ1) is 17.7. The highest BCUT2D eigenvalue weighted by Crippen LogP contribution is 2.37. The number of hydrogen-bond acceptors (Lipinski definition) is 12. The van der Waals surface area contributed by atoms with Gasteiger partial charge < -0.3 is 59.4 Å². The van der Waals surface area contributed by atoms with Crippen molar-refractivity contribution < 1.29 is 59.4 Å². The average Bonchev–Trinajstić information content (AvgIpc) is 2.91. The van der Waals surface area contributed by atoms with Gasteiger partial charge in [0.25, 0.3) is 0 Å². The number of ether oxygens (including phenoxy) is 5. The van der Waals surface area contributed by atoms with Crippen molar-refractivity contribution >= 4 is 0 Å². The Kier molecular flexibility index (Phi) is 10.3. The number of phenols is 1. The SMILES string of the molecule is COc1cc(C(OC2OC(O)C(O)C(O)C2O)C(CO)Oc2ccc(CCCO)cc2OC)ccc1O. The van der Waals surface area contributed by atoms with Crippen LogP contribution in [-0.2, 0) is 15.9 Å². The monoisotopic (exact) mass is 526 g/mol.